The first-order valence-electron chi connectivity index (χ1n) is 5.17. The molecule has 1 saturated heterocycles. The molecule has 0 spiro atoms. The predicted octanol–water partition coefficient (Wildman–Crippen LogP) is -1.47. The molecule has 4 nitrogen and oxygen atoms in total. The summed E-state index contributed by atoms with van der Waals surface area (Å²) in [6.07, 6.45) is 0. The molecule has 1 fully saturated rings. The summed E-state index contributed by atoms with van der Waals surface area (Å²) in [5.74, 6) is 0. The lowest BCUT2D eigenvalue weighted by molar-refractivity contribution is 0.225. The number of piperazine rings is 1. The van der Waals surface area contributed by atoms with Gasteiger partial charge in [-0.1, -0.05) is 35.8 Å². The average Bonchev–Trinajstić information content (AvgIpc) is 2.23. The van der Waals surface area contributed by atoms with Gasteiger partial charge in [-0.2, -0.15) is 0 Å². The lowest BCUT2D eigenvalue weighted by atomic mass is 9.80. The lowest BCUT2D eigenvalue weighted by Gasteiger charge is -2.32. The molecule has 0 unspecified atom stereocenters. The van der Waals surface area contributed by atoms with E-state index in [2.05, 4.69) is 54.5 Å². The summed E-state index contributed by atoms with van der Waals surface area (Å²) in [5.41, 5.74) is 1.30. The van der Waals surface area contributed by atoms with Crippen LogP contribution in [-0.4, -0.2) is 61.3 Å². The molecule has 5 heteroatoms. The van der Waals surface area contributed by atoms with Crippen LogP contribution in [0, 0.1) is 0 Å². The molecule has 2 rings (SSSR count). The van der Waals surface area contributed by atoms with E-state index in [-0.39, 0.29) is 11.0 Å². The highest BCUT2D eigenvalue weighted by atomic mass is 16.0. The Balaban J connectivity index is 0.00000112. The normalized spacial score (nSPS) is 17.1. The van der Waals surface area contributed by atoms with Gasteiger partial charge in [0.25, 0.3) is 0 Å². The number of rotatable bonds is 2. The van der Waals surface area contributed by atoms with E-state index in [4.69, 9.17) is 0 Å². The van der Waals surface area contributed by atoms with E-state index in [1.54, 1.807) is 0 Å². The summed E-state index contributed by atoms with van der Waals surface area (Å²) in [6.45, 7) is 4.63. The van der Waals surface area contributed by atoms with Crippen LogP contribution >= 0.6 is 0 Å². The third-order valence-corrected chi connectivity index (χ3v) is 2.67. The summed E-state index contributed by atoms with van der Waals surface area (Å²) >= 11 is 0. The van der Waals surface area contributed by atoms with Crippen molar-refractivity contribution < 1.29 is 11.0 Å². The van der Waals surface area contributed by atoms with E-state index in [1.807, 2.05) is 0 Å². The summed E-state index contributed by atoms with van der Waals surface area (Å²) in [4.78, 5) is 4.77. The fraction of sp³-hybridized carbons (Fsp3) is 0.455. The van der Waals surface area contributed by atoms with Gasteiger partial charge in [0, 0.05) is 26.2 Å². The fourth-order valence-electron chi connectivity index (χ4n) is 1.70. The van der Waals surface area contributed by atoms with Gasteiger partial charge in [0.15, 0.2) is 0 Å². The molecule has 0 aliphatic carbocycles. The van der Waals surface area contributed by atoms with Gasteiger partial charge in [-0.15, -0.1) is 0 Å². The predicted molar refractivity (Wildman–Crippen MR) is 68.1 cm³/mol. The number of hydrogen-bond acceptors (Lipinski definition) is 2. The van der Waals surface area contributed by atoms with E-state index < -0.39 is 0 Å². The smallest absolute Gasteiger partial charge is 0.247 e. The monoisotopic (exact) mass is 223 g/mol. The molecule has 1 aliphatic heterocycles. The molecule has 0 bridgehead atoms. The van der Waals surface area contributed by atoms with Gasteiger partial charge < -0.3 is 20.7 Å². The van der Waals surface area contributed by atoms with Crippen LogP contribution in [0.15, 0.2) is 30.3 Å². The fourth-order valence-corrected chi connectivity index (χ4v) is 1.70. The summed E-state index contributed by atoms with van der Waals surface area (Å²) in [6, 6.07) is 10.5. The van der Waals surface area contributed by atoms with Crippen LogP contribution in [0.5, 0.6) is 0 Å². The van der Waals surface area contributed by atoms with Crippen molar-refractivity contribution in [2.45, 2.75) is 0 Å². The SMILES string of the molecule is CN1CCN([B]c2ccccc2)CC1.O.O. The molecule has 4 N–H and O–H groups in total. The van der Waals surface area contributed by atoms with E-state index >= 15 is 0 Å². The van der Waals surface area contributed by atoms with E-state index in [1.165, 1.54) is 18.6 Å². The zero-order valence-electron chi connectivity index (χ0n) is 9.69. The van der Waals surface area contributed by atoms with E-state index in [0.29, 0.717) is 0 Å². The number of hydrogen-bond donors (Lipinski definition) is 0. The molecule has 0 atom stereocenters. The molecular formula is C11H20BN2O2. The highest BCUT2D eigenvalue weighted by Crippen LogP contribution is 1.96. The molecule has 0 amide bonds. The maximum Gasteiger partial charge on any atom is 0.247 e. The Bertz CT molecular complexity index is 277. The minimum Gasteiger partial charge on any atom is -0.412 e. The number of nitrogens with zero attached hydrogens (tertiary/aromatic N) is 2. The van der Waals surface area contributed by atoms with Gasteiger partial charge in [-0.05, 0) is 7.05 Å². The molecule has 0 saturated carbocycles. The Morgan fingerprint density at radius 1 is 0.938 bits per heavy atom. The Hall–Kier alpha value is -0.875. The lowest BCUT2D eigenvalue weighted by Crippen LogP contribution is -2.48. The zero-order chi connectivity index (χ0) is 9.80. The van der Waals surface area contributed by atoms with Crippen molar-refractivity contribution >= 4 is 12.9 Å². The third-order valence-electron chi connectivity index (χ3n) is 2.67. The van der Waals surface area contributed by atoms with E-state index in [0.717, 1.165) is 13.1 Å². The van der Waals surface area contributed by atoms with Crippen LogP contribution in [0.4, 0.5) is 0 Å². The van der Waals surface area contributed by atoms with E-state index in [9.17, 15) is 0 Å². The van der Waals surface area contributed by atoms with Gasteiger partial charge in [-0.3, -0.25) is 0 Å². The Morgan fingerprint density at radius 2 is 1.50 bits per heavy atom. The second-order valence-corrected chi connectivity index (χ2v) is 3.88. The second-order valence-electron chi connectivity index (χ2n) is 3.88. The first-order valence-corrected chi connectivity index (χ1v) is 5.17. The van der Waals surface area contributed by atoms with Crippen molar-refractivity contribution in [3.05, 3.63) is 30.3 Å². The zero-order valence-corrected chi connectivity index (χ0v) is 9.69. The van der Waals surface area contributed by atoms with Crippen LogP contribution in [-0.2, 0) is 0 Å². The highest BCUT2D eigenvalue weighted by molar-refractivity contribution is 6.50. The first kappa shape index (κ1) is 15.1. The Morgan fingerprint density at radius 3 is 2.06 bits per heavy atom. The minimum absolute atomic E-state index is 0. The van der Waals surface area contributed by atoms with Crippen LogP contribution in [0.2, 0.25) is 0 Å². The maximum absolute atomic E-state index is 2.40. The van der Waals surface area contributed by atoms with Crippen molar-refractivity contribution in [2.75, 3.05) is 33.2 Å². The van der Waals surface area contributed by atoms with Crippen LogP contribution < -0.4 is 5.46 Å². The Kier molecular flexibility index (Phi) is 7.00. The number of benzene rings is 1. The molecule has 1 aromatic carbocycles. The van der Waals surface area contributed by atoms with Gasteiger partial charge in [0.05, 0.1) is 0 Å². The molecule has 16 heavy (non-hydrogen) atoms. The molecule has 1 aliphatic rings. The summed E-state index contributed by atoms with van der Waals surface area (Å²) in [5, 5.41) is 0. The molecule has 0 aromatic heterocycles. The minimum atomic E-state index is 0. The van der Waals surface area contributed by atoms with Crippen molar-refractivity contribution in [3.8, 4) is 0 Å². The molecule has 1 heterocycles. The van der Waals surface area contributed by atoms with Crippen molar-refractivity contribution in [3.63, 3.8) is 0 Å². The molecule has 1 aromatic rings. The summed E-state index contributed by atoms with van der Waals surface area (Å²) in [7, 11) is 4.44. The van der Waals surface area contributed by atoms with Gasteiger partial charge in [-0.25, -0.2) is 0 Å². The van der Waals surface area contributed by atoms with Crippen LogP contribution in [0.1, 0.15) is 0 Å². The van der Waals surface area contributed by atoms with Crippen molar-refractivity contribution in [1.82, 2.24) is 9.71 Å². The van der Waals surface area contributed by atoms with Gasteiger partial charge >= 0.3 is 0 Å². The maximum atomic E-state index is 2.40. The molecule has 1 radical (unpaired) electrons. The largest absolute Gasteiger partial charge is 0.412 e. The van der Waals surface area contributed by atoms with Crippen molar-refractivity contribution in [2.24, 2.45) is 0 Å². The Labute approximate surface area is 97.7 Å². The standard InChI is InChI=1S/C11H16BN2.2H2O/c1-13-7-9-14(10-8-13)12-11-5-3-2-4-6-11;;/h2-6H,7-10H2,1H3;2*1H2. The van der Waals surface area contributed by atoms with Crippen LogP contribution in [0.25, 0.3) is 0 Å². The van der Waals surface area contributed by atoms with Crippen molar-refractivity contribution in [1.29, 1.82) is 0 Å². The van der Waals surface area contributed by atoms with Crippen LogP contribution in [0.3, 0.4) is 0 Å². The first-order chi connectivity index (χ1) is 6.84. The van der Waals surface area contributed by atoms with Gasteiger partial charge in [0.2, 0.25) is 7.41 Å². The van der Waals surface area contributed by atoms with Gasteiger partial charge in [0.1, 0.15) is 0 Å². The number of likely N-dealkylation sites (N-methyl/N-ethyl adjacent to an activating group) is 1. The topological polar surface area (TPSA) is 69.5 Å². The quantitative estimate of drug-likeness (QED) is 0.574. The summed E-state index contributed by atoms with van der Waals surface area (Å²) < 4.78 is 0. The third kappa shape index (κ3) is 4.32. The highest BCUT2D eigenvalue weighted by Gasteiger charge is 2.14. The molecule has 89 valence electrons. The average molecular weight is 223 g/mol. The molecular weight excluding hydrogens is 203 g/mol. The second kappa shape index (κ2) is 7.41.